The van der Waals surface area contributed by atoms with Gasteiger partial charge in [-0.05, 0) is 50.8 Å². The molecule has 0 fully saturated rings. The van der Waals surface area contributed by atoms with Gasteiger partial charge in [0.05, 0.1) is 18.8 Å². The highest BCUT2D eigenvalue weighted by Gasteiger charge is 2.23. The minimum absolute atomic E-state index is 0.0316. The van der Waals surface area contributed by atoms with E-state index in [1.807, 2.05) is 37.4 Å². The van der Waals surface area contributed by atoms with E-state index in [9.17, 15) is 4.79 Å². The number of carbonyl (C=O) groups is 1. The second-order valence-corrected chi connectivity index (χ2v) is 7.13. The topological polar surface area (TPSA) is 50.4 Å². The normalized spacial score (nSPS) is 16.1. The van der Waals surface area contributed by atoms with Crippen molar-refractivity contribution in [3.05, 3.63) is 47.0 Å². The fourth-order valence-electron chi connectivity index (χ4n) is 3.38. The van der Waals surface area contributed by atoms with E-state index in [4.69, 9.17) is 4.74 Å². The van der Waals surface area contributed by atoms with Crippen LogP contribution in [0.2, 0.25) is 0 Å². The van der Waals surface area contributed by atoms with Gasteiger partial charge >= 0.3 is 0 Å². The molecule has 2 rings (SSSR count). The molecule has 1 aromatic rings. The lowest BCUT2D eigenvalue weighted by molar-refractivity contribution is -0.123. The average Bonchev–Trinajstić information content (AvgIpc) is 2.66. The zero-order valence-corrected chi connectivity index (χ0v) is 16.5. The maximum atomic E-state index is 12.4. The van der Waals surface area contributed by atoms with Gasteiger partial charge in [-0.15, -0.1) is 0 Å². The van der Waals surface area contributed by atoms with Gasteiger partial charge in [0.1, 0.15) is 0 Å². The van der Waals surface area contributed by atoms with E-state index in [0.29, 0.717) is 19.6 Å². The highest BCUT2D eigenvalue weighted by atomic mass is 16.5. The van der Waals surface area contributed by atoms with Crippen molar-refractivity contribution in [2.24, 2.45) is 0 Å². The predicted octanol–water partition coefficient (Wildman–Crippen LogP) is 3.62. The van der Waals surface area contributed by atoms with E-state index in [1.165, 1.54) is 36.8 Å². The Labute approximate surface area is 158 Å². The fourth-order valence-corrected chi connectivity index (χ4v) is 3.38. The second kappa shape index (κ2) is 11.1. The number of likely N-dealkylation sites (N-methyl/N-ethyl adjacent to an activating group) is 1. The lowest BCUT2D eigenvalue weighted by atomic mass is 9.84. The average molecular weight is 359 g/mol. The van der Waals surface area contributed by atoms with Crippen molar-refractivity contribution >= 4 is 5.91 Å². The lowest BCUT2D eigenvalue weighted by Gasteiger charge is -2.29. The van der Waals surface area contributed by atoms with Gasteiger partial charge in [0.25, 0.3) is 0 Å². The summed E-state index contributed by atoms with van der Waals surface area (Å²) in [6.07, 6.45) is 6.77. The molecule has 0 bridgehead atoms. The zero-order valence-electron chi connectivity index (χ0n) is 16.5. The summed E-state index contributed by atoms with van der Waals surface area (Å²) < 4.78 is 6.11. The first kappa shape index (κ1) is 20.7. The molecule has 4 nitrogen and oxygen atoms in total. The number of hydrogen-bond acceptors (Lipinski definition) is 3. The molecule has 0 heterocycles. The summed E-state index contributed by atoms with van der Waals surface area (Å²) in [4.78, 5) is 12.4. The molecule has 0 saturated heterocycles. The molecule has 0 radical (unpaired) electrons. The maximum absolute atomic E-state index is 12.4. The maximum Gasteiger partial charge on any atom is 0.237 e. The third kappa shape index (κ3) is 6.26. The van der Waals surface area contributed by atoms with Crippen LogP contribution in [0.5, 0.6) is 0 Å². The molecule has 1 aromatic carbocycles. The van der Waals surface area contributed by atoms with Crippen LogP contribution < -0.4 is 10.6 Å². The van der Waals surface area contributed by atoms with Crippen LogP contribution >= 0.6 is 0 Å². The Balaban J connectivity index is 1.74. The first-order valence-corrected chi connectivity index (χ1v) is 9.94. The van der Waals surface area contributed by atoms with Crippen LogP contribution in [0.1, 0.15) is 51.5 Å². The number of benzene rings is 1. The number of rotatable bonds is 12. The Hall–Kier alpha value is -1.65. The highest BCUT2D eigenvalue weighted by Crippen LogP contribution is 2.33. The van der Waals surface area contributed by atoms with Crippen LogP contribution in [0.25, 0.3) is 0 Å². The highest BCUT2D eigenvalue weighted by molar-refractivity contribution is 5.82. The van der Waals surface area contributed by atoms with Crippen molar-refractivity contribution in [3.63, 3.8) is 0 Å². The summed E-state index contributed by atoms with van der Waals surface area (Å²) in [5, 5.41) is 6.12. The van der Waals surface area contributed by atoms with E-state index in [0.717, 1.165) is 12.0 Å². The minimum atomic E-state index is -0.218. The van der Waals surface area contributed by atoms with Gasteiger partial charge in [-0.2, -0.15) is 0 Å². The molecule has 0 saturated carbocycles. The molecule has 4 heteroatoms. The van der Waals surface area contributed by atoms with Crippen LogP contribution in [0.4, 0.5) is 0 Å². The third-order valence-electron chi connectivity index (χ3n) is 5.19. The molecule has 1 unspecified atom stereocenters. The summed E-state index contributed by atoms with van der Waals surface area (Å²) in [6, 6.07) is 9.87. The van der Waals surface area contributed by atoms with Crippen molar-refractivity contribution in [1.82, 2.24) is 10.6 Å². The number of allylic oxidation sites excluding steroid dienone is 1. The van der Waals surface area contributed by atoms with Crippen LogP contribution in [-0.2, 0) is 16.0 Å². The van der Waals surface area contributed by atoms with Gasteiger partial charge in [0.15, 0.2) is 0 Å². The Morgan fingerprint density at radius 3 is 2.58 bits per heavy atom. The molecular weight excluding hydrogens is 324 g/mol. The molecule has 0 aliphatic heterocycles. The van der Waals surface area contributed by atoms with Gasteiger partial charge in [-0.1, -0.05) is 55.7 Å². The van der Waals surface area contributed by atoms with Crippen molar-refractivity contribution in [2.75, 3.05) is 20.2 Å². The smallest absolute Gasteiger partial charge is 0.237 e. The summed E-state index contributed by atoms with van der Waals surface area (Å²) in [5.74, 6) is 0.0316. The molecule has 2 atom stereocenters. The van der Waals surface area contributed by atoms with Crippen LogP contribution in [0.15, 0.2) is 41.5 Å². The molecule has 1 aliphatic rings. The summed E-state index contributed by atoms with van der Waals surface area (Å²) in [7, 11) is 1.83. The summed E-state index contributed by atoms with van der Waals surface area (Å²) in [6.45, 7) is 5.55. The van der Waals surface area contributed by atoms with Gasteiger partial charge in [0, 0.05) is 6.54 Å². The number of hydrogen-bond donors (Lipinski definition) is 2. The fraction of sp³-hybridized carbons (Fsp3) is 0.591. The van der Waals surface area contributed by atoms with E-state index >= 15 is 0 Å². The number of ether oxygens (including phenoxy) is 1. The second-order valence-electron chi connectivity index (χ2n) is 7.13. The predicted molar refractivity (Wildman–Crippen MR) is 107 cm³/mol. The first-order valence-electron chi connectivity index (χ1n) is 9.94. The largest absolute Gasteiger partial charge is 0.372 e. The Kier molecular flexibility index (Phi) is 8.86. The Bertz CT molecular complexity index is 583. The first-order chi connectivity index (χ1) is 12.7. The van der Waals surface area contributed by atoms with Crippen molar-refractivity contribution in [2.45, 2.75) is 64.5 Å². The molecular formula is C22H34N2O2. The molecule has 0 aromatic heterocycles. The van der Waals surface area contributed by atoms with E-state index in [1.54, 1.807) is 0 Å². The zero-order chi connectivity index (χ0) is 18.8. The van der Waals surface area contributed by atoms with Crippen LogP contribution in [-0.4, -0.2) is 38.3 Å². The minimum Gasteiger partial charge on any atom is -0.372 e. The van der Waals surface area contributed by atoms with Crippen molar-refractivity contribution in [3.8, 4) is 0 Å². The van der Waals surface area contributed by atoms with Crippen molar-refractivity contribution < 1.29 is 9.53 Å². The van der Waals surface area contributed by atoms with E-state index in [2.05, 4.69) is 24.5 Å². The summed E-state index contributed by atoms with van der Waals surface area (Å²) in [5.41, 5.74) is 4.14. The standard InChI is InChI=1S/C22H34N2O2/c1-4-5-11-21(19-13-12-17(19)2)26-15-14-24-22(25)20(23-3)16-18-9-7-6-8-10-18/h6-10,20-21,23H,4-5,11-16H2,1-3H3,(H,24,25)/t20-,21?/m0/s1. The van der Waals surface area contributed by atoms with Gasteiger partial charge in [0.2, 0.25) is 5.91 Å². The van der Waals surface area contributed by atoms with E-state index < -0.39 is 0 Å². The molecule has 26 heavy (non-hydrogen) atoms. The molecule has 144 valence electrons. The van der Waals surface area contributed by atoms with Crippen molar-refractivity contribution in [1.29, 1.82) is 0 Å². The third-order valence-corrected chi connectivity index (χ3v) is 5.19. The van der Waals surface area contributed by atoms with E-state index in [-0.39, 0.29) is 18.1 Å². The molecule has 0 spiro atoms. The number of unbranched alkanes of at least 4 members (excludes halogenated alkanes) is 1. The Morgan fingerprint density at radius 1 is 1.23 bits per heavy atom. The molecule has 1 amide bonds. The number of carbonyl (C=O) groups excluding carboxylic acids is 1. The SMILES string of the molecule is CCCCC(OCCNC(=O)[C@H](Cc1ccccc1)NC)C1=C(C)CC1. The van der Waals surface area contributed by atoms with Crippen LogP contribution in [0, 0.1) is 0 Å². The van der Waals surface area contributed by atoms with Gasteiger partial charge in [-0.3, -0.25) is 4.79 Å². The van der Waals surface area contributed by atoms with Gasteiger partial charge in [-0.25, -0.2) is 0 Å². The number of nitrogens with one attached hydrogen (secondary N) is 2. The molecule has 2 N–H and O–H groups in total. The monoisotopic (exact) mass is 358 g/mol. The summed E-state index contributed by atoms with van der Waals surface area (Å²) >= 11 is 0. The molecule has 1 aliphatic carbocycles. The van der Waals surface area contributed by atoms with Crippen LogP contribution in [0.3, 0.4) is 0 Å². The lowest BCUT2D eigenvalue weighted by Crippen LogP contribution is -2.45. The van der Waals surface area contributed by atoms with Gasteiger partial charge < -0.3 is 15.4 Å². The number of amides is 1. The Morgan fingerprint density at radius 2 is 2.00 bits per heavy atom. The quantitative estimate of drug-likeness (QED) is 0.443.